The van der Waals surface area contributed by atoms with E-state index in [9.17, 15) is 14.4 Å². The Balaban J connectivity index is 1.78. The fourth-order valence-corrected chi connectivity index (χ4v) is 3.11. The van der Waals surface area contributed by atoms with Gasteiger partial charge in [-0.3, -0.25) is 14.4 Å². The highest BCUT2D eigenvalue weighted by Crippen LogP contribution is 2.17. The second kappa shape index (κ2) is 6.71. The van der Waals surface area contributed by atoms with Gasteiger partial charge in [0.2, 0.25) is 11.8 Å². The first-order chi connectivity index (χ1) is 9.97. The zero-order valence-electron chi connectivity index (χ0n) is 11.9. The molecular weight excluding hydrogens is 290 g/mol. The average Bonchev–Trinajstić information content (AvgIpc) is 2.91. The summed E-state index contributed by atoms with van der Waals surface area (Å²) in [5, 5.41) is 2.63. The Bertz CT molecular complexity index is 547. The highest BCUT2D eigenvalue weighted by atomic mass is 32.1. The molecule has 0 radical (unpaired) electrons. The molecular formula is C14H19N3O3S. The van der Waals surface area contributed by atoms with Crippen molar-refractivity contribution in [2.24, 2.45) is 11.7 Å². The topological polar surface area (TPSA) is 92.5 Å². The molecule has 6 nitrogen and oxygen atoms in total. The van der Waals surface area contributed by atoms with Gasteiger partial charge in [0, 0.05) is 23.9 Å². The Kier molecular flexibility index (Phi) is 4.95. The van der Waals surface area contributed by atoms with Crippen LogP contribution in [0.3, 0.4) is 0 Å². The molecule has 1 aromatic rings. The molecule has 7 heteroatoms. The maximum Gasteiger partial charge on any atom is 0.261 e. The molecule has 2 heterocycles. The predicted molar refractivity (Wildman–Crippen MR) is 79.9 cm³/mol. The van der Waals surface area contributed by atoms with Gasteiger partial charge < -0.3 is 16.0 Å². The molecule has 1 saturated heterocycles. The van der Waals surface area contributed by atoms with Crippen molar-refractivity contribution in [2.75, 3.05) is 19.6 Å². The highest BCUT2D eigenvalue weighted by Gasteiger charge is 2.25. The van der Waals surface area contributed by atoms with Gasteiger partial charge in [-0.25, -0.2) is 0 Å². The summed E-state index contributed by atoms with van der Waals surface area (Å²) in [5.74, 6) is -0.797. The van der Waals surface area contributed by atoms with Gasteiger partial charge in [0.15, 0.2) is 0 Å². The molecule has 114 valence electrons. The van der Waals surface area contributed by atoms with E-state index in [-0.39, 0.29) is 30.2 Å². The van der Waals surface area contributed by atoms with E-state index in [4.69, 9.17) is 5.73 Å². The Hall–Kier alpha value is -1.89. The number of rotatable bonds is 4. The van der Waals surface area contributed by atoms with Crippen LogP contribution < -0.4 is 11.1 Å². The number of carbonyl (C=O) groups is 3. The Morgan fingerprint density at radius 2 is 2.00 bits per heavy atom. The van der Waals surface area contributed by atoms with Crippen LogP contribution in [0.25, 0.3) is 0 Å². The van der Waals surface area contributed by atoms with Crippen molar-refractivity contribution < 1.29 is 14.4 Å². The van der Waals surface area contributed by atoms with Gasteiger partial charge in [-0.15, -0.1) is 11.3 Å². The summed E-state index contributed by atoms with van der Waals surface area (Å²) >= 11 is 1.40. The maximum absolute atomic E-state index is 12.0. The van der Waals surface area contributed by atoms with Gasteiger partial charge in [0.1, 0.15) is 0 Å². The number of nitrogens with two attached hydrogens (primary N) is 1. The predicted octanol–water partition coefficient (Wildman–Crippen LogP) is 0.510. The second-order valence-corrected chi connectivity index (χ2v) is 6.44. The van der Waals surface area contributed by atoms with Crippen LogP contribution in [0.2, 0.25) is 0 Å². The van der Waals surface area contributed by atoms with Crippen LogP contribution in [0.4, 0.5) is 0 Å². The highest BCUT2D eigenvalue weighted by molar-refractivity contribution is 7.13. The number of likely N-dealkylation sites (tertiary alicyclic amines) is 1. The number of nitrogens with one attached hydrogen (secondary N) is 1. The first-order valence-corrected chi connectivity index (χ1v) is 7.70. The van der Waals surface area contributed by atoms with Crippen LogP contribution in [-0.4, -0.2) is 42.3 Å². The number of primary amides is 1. The molecule has 3 N–H and O–H groups in total. The summed E-state index contributed by atoms with van der Waals surface area (Å²) in [7, 11) is 0. The molecule has 1 aliphatic rings. The van der Waals surface area contributed by atoms with E-state index in [1.165, 1.54) is 11.3 Å². The third-order valence-corrected chi connectivity index (χ3v) is 4.61. The minimum Gasteiger partial charge on any atom is -0.369 e. The Morgan fingerprint density at radius 3 is 2.52 bits per heavy atom. The summed E-state index contributed by atoms with van der Waals surface area (Å²) in [5.41, 5.74) is 5.26. The van der Waals surface area contributed by atoms with E-state index in [0.717, 1.165) is 4.88 Å². The maximum atomic E-state index is 12.0. The molecule has 0 aromatic carbocycles. The van der Waals surface area contributed by atoms with Crippen molar-refractivity contribution in [3.8, 4) is 0 Å². The van der Waals surface area contributed by atoms with Crippen molar-refractivity contribution in [2.45, 2.75) is 19.8 Å². The normalized spacial score (nSPS) is 15.8. The monoisotopic (exact) mass is 309 g/mol. The molecule has 0 aliphatic carbocycles. The molecule has 1 aromatic heterocycles. The summed E-state index contributed by atoms with van der Waals surface area (Å²) in [4.78, 5) is 38.3. The quantitative estimate of drug-likeness (QED) is 0.849. The molecule has 21 heavy (non-hydrogen) atoms. The van der Waals surface area contributed by atoms with E-state index in [1.807, 2.05) is 13.0 Å². The molecule has 1 fully saturated rings. The second-order valence-electron chi connectivity index (χ2n) is 5.15. The molecule has 2 rings (SSSR count). The van der Waals surface area contributed by atoms with Crippen LogP contribution >= 0.6 is 11.3 Å². The number of aryl methyl sites for hydroxylation is 1. The largest absolute Gasteiger partial charge is 0.369 e. The average molecular weight is 309 g/mol. The van der Waals surface area contributed by atoms with Gasteiger partial charge in [0.05, 0.1) is 11.4 Å². The minimum absolute atomic E-state index is 0.0168. The van der Waals surface area contributed by atoms with Crippen molar-refractivity contribution in [3.63, 3.8) is 0 Å². The van der Waals surface area contributed by atoms with Crippen molar-refractivity contribution in [3.05, 3.63) is 21.9 Å². The standard InChI is InChI=1S/C14H19N3O3S/c1-9-2-3-11(21-9)14(20)16-8-12(18)17-6-4-10(5-7-17)13(15)19/h2-3,10H,4-8H2,1H3,(H2,15,19)(H,16,20). The van der Waals surface area contributed by atoms with Gasteiger partial charge >= 0.3 is 0 Å². The van der Waals surface area contributed by atoms with Crippen molar-refractivity contribution >= 4 is 29.1 Å². The van der Waals surface area contributed by atoms with E-state index in [0.29, 0.717) is 30.8 Å². The third kappa shape index (κ3) is 4.04. The van der Waals surface area contributed by atoms with Gasteiger partial charge in [-0.2, -0.15) is 0 Å². The zero-order chi connectivity index (χ0) is 15.4. The van der Waals surface area contributed by atoms with E-state index in [1.54, 1.807) is 11.0 Å². The van der Waals surface area contributed by atoms with Crippen LogP contribution in [0, 0.1) is 12.8 Å². The first-order valence-electron chi connectivity index (χ1n) is 6.89. The smallest absolute Gasteiger partial charge is 0.261 e. The number of amides is 3. The van der Waals surface area contributed by atoms with E-state index < -0.39 is 0 Å². The molecule has 0 unspecified atom stereocenters. The summed E-state index contributed by atoms with van der Waals surface area (Å²) in [6, 6.07) is 3.62. The lowest BCUT2D eigenvalue weighted by Crippen LogP contribution is -2.45. The van der Waals surface area contributed by atoms with E-state index in [2.05, 4.69) is 5.32 Å². The summed E-state index contributed by atoms with van der Waals surface area (Å²) in [6.45, 7) is 2.94. The lowest BCUT2D eigenvalue weighted by atomic mass is 9.96. The number of hydrogen-bond acceptors (Lipinski definition) is 4. The Labute approximate surface area is 127 Å². The van der Waals surface area contributed by atoms with Crippen LogP contribution in [-0.2, 0) is 9.59 Å². The molecule has 0 spiro atoms. The fourth-order valence-electron chi connectivity index (χ4n) is 2.32. The summed E-state index contributed by atoms with van der Waals surface area (Å²) in [6.07, 6.45) is 1.19. The fraction of sp³-hybridized carbons (Fsp3) is 0.500. The number of carbonyl (C=O) groups excluding carboxylic acids is 3. The van der Waals surface area contributed by atoms with Crippen LogP contribution in [0.5, 0.6) is 0 Å². The minimum atomic E-state index is -0.302. The number of nitrogens with zero attached hydrogens (tertiary/aromatic N) is 1. The zero-order valence-corrected chi connectivity index (χ0v) is 12.7. The molecule has 3 amide bonds. The third-order valence-electron chi connectivity index (χ3n) is 3.61. The van der Waals surface area contributed by atoms with Crippen molar-refractivity contribution in [1.82, 2.24) is 10.2 Å². The number of piperidine rings is 1. The first kappa shape index (κ1) is 15.5. The number of thiophene rings is 1. The lowest BCUT2D eigenvalue weighted by Gasteiger charge is -2.30. The van der Waals surface area contributed by atoms with Gasteiger partial charge in [-0.05, 0) is 31.9 Å². The van der Waals surface area contributed by atoms with Crippen LogP contribution in [0.15, 0.2) is 12.1 Å². The Morgan fingerprint density at radius 1 is 1.33 bits per heavy atom. The molecule has 0 saturated carbocycles. The van der Waals surface area contributed by atoms with E-state index >= 15 is 0 Å². The molecule has 1 aliphatic heterocycles. The van der Waals surface area contributed by atoms with Gasteiger partial charge in [-0.1, -0.05) is 0 Å². The number of hydrogen-bond donors (Lipinski definition) is 2. The van der Waals surface area contributed by atoms with Crippen molar-refractivity contribution in [1.29, 1.82) is 0 Å². The molecule has 0 bridgehead atoms. The SMILES string of the molecule is Cc1ccc(C(=O)NCC(=O)N2CCC(C(N)=O)CC2)s1. The lowest BCUT2D eigenvalue weighted by molar-refractivity contribution is -0.133. The van der Waals surface area contributed by atoms with Crippen LogP contribution in [0.1, 0.15) is 27.4 Å². The van der Waals surface area contributed by atoms with Gasteiger partial charge in [0.25, 0.3) is 5.91 Å². The molecule has 0 atom stereocenters. The summed E-state index contributed by atoms with van der Waals surface area (Å²) < 4.78 is 0.